The van der Waals surface area contributed by atoms with Crippen LogP contribution in [0.1, 0.15) is 34.3 Å². The highest BCUT2D eigenvalue weighted by Gasteiger charge is 2.20. The van der Waals surface area contributed by atoms with Crippen LogP contribution in [0.4, 0.5) is 15.8 Å². The number of carbonyl (C=O) groups excluding carboxylic acids is 2. The van der Waals surface area contributed by atoms with Crippen LogP contribution in [-0.2, 0) is 17.9 Å². The fraction of sp³-hybridized carbons (Fsp3) is 0.333. The van der Waals surface area contributed by atoms with Crippen LogP contribution in [0.3, 0.4) is 0 Å². The van der Waals surface area contributed by atoms with E-state index in [-0.39, 0.29) is 18.4 Å². The summed E-state index contributed by atoms with van der Waals surface area (Å²) in [6.07, 6.45) is 2.75. The van der Waals surface area contributed by atoms with Gasteiger partial charge in [0.1, 0.15) is 12.6 Å². The first kappa shape index (κ1) is 24.1. The maximum absolute atomic E-state index is 14.6. The topological polar surface area (TPSA) is 73.5 Å². The van der Waals surface area contributed by atoms with E-state index < -0.39 is 0 Å². The van der Waals surface area contributed by atoms with Gasteiger partial charge >= 0.3 is 0 Å². The summed E-state index contributed by atoms with van der Waals surface area (Å²) in [4.78, 5) is 24.7. The molecule has 0 bridgehead atoms. The Balaban J connectivity index is 2.28. The molecule has 1 atom stereocenters. The van der Waals surface area contributed by atoms with Gasteiger partial charge in [-0.3, -0.25) is 9.69 Å². The Hall–Kier alpha value is -3.19. The van der Waals surface area contributed by atoms with Gasteiger partial charge < -0.3 is 20.7 Å². The second-order valence-corrected chi connectivity index (χ2v) is 7.32. The first-order chi connectivity index (χ1) is 15.0. The van der Waals surface area contributed by atoms with Crippen molar-refractivity contribution in [1.82, 2.24) is 10.2 Å². The molecule has 7 heteroatoms. The van der Waals surface area contributed by atoms with Crippen molar-refractivity contribution in [3.05, 3.63) is 71.2 Å². The molecule has 0 aromatic heterocycles. The minimum atomic E-state index is -0.304. The zero-order chi connectivity index (χ0) is 22.8. The fourth-order valence-electron chi connectivity index (χ4n) is 3.57. The lowest BCUT2D eigenvalue weighted by Crippen LogP contribution is -2.37. The SMILES string of the molecule is C=C(NC)C(CCC=O)N(C)Cc1c(C=O)cccc1NCc1cccc(NC)c1F. The lowest BCUT2D eigenvalue weighted by Gasteiger charge is -2.30. The van der Waals surface area contributed by atoms with Crippen LogP contribution in [0.5, 0.6) is 0 Å². The Morgan fingerprint density at radius 2 is 1.87 bits per heavy atom. The normalized spacial score (nSPS) is 11.6. The monoisotopic (exact) mass is 426 g/mol. The van der Waals surface area contributed by atoms with Gasteiger partial charge in [-0.1, -0.05) is 30.8 Å². The molecular formula is C24H31FN4O2. The summed E-state index contributed by atoms with van der Waals surface area (Å²) in [5.41, 5.74) is 3.89. The van der Waals surface area contributed by atoms with Gasteiger partial charge in [-0.25, -0.2) is 4.39 Å². The molecule has 0 aliphatic heterocycles. The predicted octanol–water partition coefficient (Wildman–Crippen LogP) is 3.80. The van der Waals surface area contributed by atoms with Crippen molar-refractivity contribution in [2.75, 3.05) is 31.8 Å². The van der Waals surface area contributed by atoms with Gasteiger partial charge in [0, 0.05) is 62.2 Å². The Labute approximate surface area is 183 Å². The molecule has 0 saturated heterocycles. The van der Waals surface area contributed by atoms with E-state index >= 15 is 0 Å². The van der Waals surface area contributed by atoms with Gasteiger partial charge in [-0.15, -0.1) is 0 Å². The number of aldehydes is 2. The van der Waals surface area contributed by atoms with E-state index in [1.54, 1.807) is 44.4 Å². The van der Waals surface area contributed by atoms with Crippen LogP contribution >= 0.6 is 0 Å². The minimum absolute atomic E-state index is 0.0764. The molecule has 0 radical (unpaired) electrons. The first-order valence-corrected chi connectivity index (χ1v) is 10.2. The van der Waals surface area contributed by atoms with E-state index in [2.05, 4.69) is 27.4 Å². The first-order valence-electron chi connectivity index (χ1n) is 10.2. The molecule has 0 spiro atoms. The molecule has 1 unspecified atom stereocenters. The van der Waals surface area contributed by atoms with Crippen LogP contribution in [0.25, 0.3) is 0 Å². The van der Waals surface area contributed by atoms with Crippen molar-refractivity contribution in [2.45, 2.75) is 32.0 Å². The van der Waals surface area contributed by atoms with Crippen LogP contribution in [-0.4, -0.2) is 44.7 Å². The average Bonchev–Trinajstić information content (AvgIpc) is 2.79. The second kappa shape index (κ2) is 11.9. The van der Waals surface area contributed by atoms with Gasteiger partial charge in [0.05, 0.1) is 5.69 Å². The standard InChI is InChI=1S/C24H31FN4O2/c1-17(26-2)23(12-7-13-30)29(4)15-20-19(16-31)9-6-10-21(20)28-14-18-8-5-11-22(27-3)24(18)25/h5-6,8-11,13,16,23,26-28H,1,7,12,14-15H2,2-4H3. The number of nitrogens with one attached hydrogen (secondary N) is 3. The van der Waals surface area contributed by atoms with Gasteiger partial charge in [0.25, 0.3) is 0 Å². The Kier molecular flexibility index (Phi) is 9.21. The molecule has 0 aliphatic rings. The highest BCUT2D eigenvalue weighted by atomic mass is 19.1. The fourth-order valence-corrected chi connectivity index (χ4v) is 3.57. The average molecular weight is 427 g/mol. The van der Waals surface area contributed by atoms with Crippen molar-refractivity contribution >= 4 is 23.9 Å². The third-order valence-corrected chi connectivity index (χ3v) is 5.38. The number of nitrogens with zero attached hydrogens (tertiary/aromatic N) is 1. The van der Waals surface area contributed by atoms with Gasteiger partial charge in [-0.05, 0) is 31.2 Å². The molecule has 6 nitrogen and oxygen atoms in total. The maximum Gasteiger partial charge on any atom is 0.151 e. The van der Waals surface area contributed by atoms with E-state index in [0.29, 0.717) is 36.2 Å². The Bertz CT molecular complexity index is 916. The molecular weight excluding hydrogens is 395 g/mol. The van der Waals surface area contributed by atoms with E-state index in [1.807, 2.05) is 13.1 Å². The third kappa shape index (κ3) is 6.15. The molecule has 2 aromatic carbocycles. The molecule has 0 fully saturated rings. The number of hydrogen-bond donors (Lipinski definition) is 3. The van der Waals surface area contributed by atoms with E-state index in [1.165, 1.54) is 0 Å². The van der Waals surface area contributed by atoms with Crippen molar-refractivity contribution in [3.63, 3.8) is 0 Å². The molecule has 0 heterocycles. The summed E-state index contributed by atoms with van der Waals surface area (Å²) in [5.74, 6) is -0.304. The summed E-state index contributed by atoms with van der Waals surface area (Å²) in [7, 11) is 5.40. The van der Waals surface area contributed by atoms with Crippen LogP contribution in [0, 0.1) is 5.82 Å². The summed E-state index contributed by atoms with van der Waals surface area (Å²) in [6, 6.07) is 10.6. The second-order valence-electron chi connectivity index (χ2n) is 7.32. The highest BCUT2D eigenvalue weighted by Crippen LogP contribution is 2.25. The number of benzene rings is 2. The van der Waals surface area contributed by atoms with Crippen LogP contribution < -0.4 is 16.0 Å². The summed E-state index contributed by atoms with van der Waals surface area (Å²) in [5, 5.41) is 9.18. The third-order valence-electron chi connectivity index (χ3n) is 5.38. The van der Waals surface area contributed by atoms with Crippen molar-refractivity contribution in [3.8, 4) is 0 Å². The van der Waals surface area contributed by atoms with Crippen LogP contribution in [0.2, 0.25) is 0 Å². The number of likely N-dealkylation sites (N-methyl/N-ethyl adjacent to an activating group) is 2. The Morgan fingerprint density at radius 3 is 2.52 bits per heavy atom. The molecule has 0 saturated carbocycles. The maximum atomic E-state index is 14.6. The number of carbonyl (C=O) groups is 2. The number of anilines is 2. The van der Waals surface area contributed by atoms with Gasteiger partial charge in [0.2, 0.25) is 0 Å². The molecule has 0 amide bonds. The number of hydrogen-bond acceptors (Lipinski definition) is 6. The van der Waals surface area contributed by atoms with Crippen molar-refractivity contribution in [1.29, 1.82) is 0 Å². The van der Waals surface area contributed by atoms with E-state index in [9.17, 15) is 14.0 Å². The lowest BCUT2D eigenvalue weighted by atomic mass is 10.0. The molecule has 166 valence electrons. The zero-order valence-corrected chi connectivity index (χ0v) is 18.4. The predicted molar refractivity (Wildman–Crippen MR) is 124 cm³/mol. The molecule has 31 heavy (non-hydrogen) atoms. The summed E-state index contributed by atoms with van der Waals surface area (Å²) < 4.78 is 14.6. The highest BCUT2D eigenvalue weighted by molar-refractivity contribution is 5.80. The minimum Gasteiger partial charge on any atom is -0.391 e. The quantitative estimate of drug-likeness (QED) is 0.423. The van der Waals surface area contributed by atoms with Gasteiger partial charge in [0.15, 0.2) is 5.82 Å². The van der Waals surface area contributed by atoms with Crippen molar-refractivity contribution < 1.29 is 14.0 Å². The summed E-state index contributed by atoms with van der Waals surface area (Å²) in [6.45, 7) is 4.79. The molecule has 2 rings (SSSR count). The lowest BCUT2D eigenvalue weighted by molar-refractivity contribution is -0.108. The molecule has 2 aromatic rings. The van der Waals surface area contributed by atoms with Gasteiger partial charge in [-0.2, -0.15) is 0 Å². The van der Waals surface area contributed by atoms with E-state index in [0.717, 1.165) is 29.5 Å². The smallest absolute Gasteiger partial charge is 0.151 e. The largest absolute Gasteiger partial charge is 0.391 e. The number of rotatable bonds is 13. The van der Waals surface area contributed by atoms with Crippen LogP contribution in [0.15, 0.2) is 48.7 Å². The molecule has 3 N–H and O–H groups in total. The van der Waals surface area contributed by atoms with Crippen molar-refractivity contribution in [2.24, 2.45) is 0 Å². The molecule has 0 aliphatic carbocycles. The Morgan fingerprint density at radius 1 is 1.16 bits per heavy atom. The van der Waals surface area contributed by atoms with E-state index in [4.69, 9.17) is 0 Å². The summed E-state index contributed by atoms with van der Waals surface area (Å²) >= 11 is 0. The zero-order valence-electron chi connectivity index (χ0n) is 18.4. The number of halogens is 1.